The lowest BCUT2D eigenvalue weighted by Gasteiger charge is -2.25. The van der Waals surface area contributed by atoms with Crippen LogP contribution in [-0.4, -0.2) is 46.7 Å². The monoisotopic (exact) mass is 216 g/mol. The molecule has 2 N–H and O–H groups in total. The highest BCUT2D eigenvalue weighted by molar-refractivity contribution is 5.10. The second-order valence-corrected chi connectivity index (χ2v) is 4.30. The molecule has 0 saturated carbocycles. The molecule has 0 aromatic rings. The van der Waals surface area contributed by atoms with E-state index >= 15 is 0 Å². The standard InChI is InChI=1S/C10H16O5/c1-4-10-8(14-9(2,3)15-10)7(12)6(5-11)13-10/h4,6-8,11-12H,1,5H2,2-3H3/t6-,7+,8-,10-/m0/s1. The van der Waals surface area contributed by atoms with E-state index in [2.05, 4.69) is 6.58 Å². The topological polar surface area (TPSA) is 68.2 Å². The number of hydrogen-bond donors (Lipinski definition) is 2. The first kappa shape index (κ1) is 11.0. The molecule has 0 aromatic heterocycles. The summed E-state index contributed by atoms with van der Waals surface area (Å²) in [7, 11) is 0. The second-order valence-electron chi connectivity index (χ2n) is 4.30. The fourth-order valence-electron chi connectivity index (χ4n) is 2.11. The largest absolute Gasteiger partial charge is 0.394 e. The van der Waals surface area contributed by atoms with E-state index in [-0.39, 0.29) is 6.61 Å². The van der Waals surface area contributed by atoms with E-state index in [1.807, 2.05) is 0 Å². The Bertz CT molecular complexity index is 277. The van der Waals surface area contributed by atoms with Crippen molar-refractivity contribution in [1.29, 1.82) is 0 Å². The number of ether oxygens (including phenoxy) is 3. The summed E-state index contributed by atoms with van der Waals surface area (Å²) in [6.07, 6.45) is -0.772. The van der Waals surface area contributed by atoms with Crippen molar-refractivity contribution in [3.05, 3.63) is 12.7 Å². The second kappa shape index (κ2) is 3.26. The SMILES string of the molecule is C=C[C@@]12O[C@@H](CO)[C@@H](O)[C@@H]1OC(C)(C)O2. The van der Waals surface area contributed by atoms with Crippen LogP contribution in [0.25, 0.3) is 0 Å². The van der Waals surface area contributed by atoms with Gasteiger partial charge in [-0.3, -0.25) is 0 Å². The molecule has 2 fully saturated rings. The zero-order valence-corrected chi connectivity index (χ0v) is 8.84. The van der Waals surface area contributed by atoms with E-state index in [4.69, 9.17) is 19.3 Å². The maximum Gasteiger partial charge on any atom is 0.220 e. The first-order valence-corrected chi connectivity index (χ1v) is 4.92. The van der Waals surface area contributed by atoms with E-state index in [1.54, 1.807) is 13.8 Å². The van der Waals surface area contributed by atoms with Gasteiger partial charge in [0.25, 0.3) is 0 Å². The minimum absolute atomic E-state index is 0.277. The third-order valence-electron chi connectivity index (χ3n) is 2.70. The van der Waals surface area contributed by atoms with E-state index in [1.165, 1.54) is 6.08 Å². The summed E-state index contributed by atoms with van der Waals surface area (Å²) >= 11 is 0. The van der Waals surface area contributed by atoms with E-state index in [0.29, 0.717) is 0 Å². The van der Waals surface area contributed by atoms with E-state index in [0.717, 1.165) is 0 Å². The van der Waals surface area contributed by atoms with Gasteiger partial charge in [0.05, 0.1) is 6.61 Å². The van der Waals surface area contributed by atoms with Gasteiger partial charge < -0.3 is 24.4 Å². The highest BCUT2D eigenvalue weighted by atomic mass is 16.9. The number of hydrogen-bond acceptors (Lipinski definition) is 5. The highest BCUT2D eigenvalue weighted by Crippen LogP contribution is 2.45. The van der Waals surface area contributed by atoms with Crippen LogP contribution in [0.3, 0.4) is 0 Å². The summed E-state index contributed by atoms with van der Waals surface area (Å²) in [4.78, 5) is 0. The molecule has 15 heavy (non-hydrogen) atoms. The quantitative estimate of drug-likeness (QED) is 0.624. The van der Waals surface area contributed by atoms with Crippen LogP contribution < -0.4 is 0 Å². The van der Waals surface area contributed by atoms with Gasteiger partial charge in [-0.05, 0) is 19.9 Å². The smallest absolute Gasteiger partial charge is 0.220 e. The summed E-state index contributed by atoms with van der Waals surface area (Å²) in [6, 6.07) is 0. The highest BCUT2D eigenvalue weighted by Gasteiger charge is 2.63. The minimum atomic E-state index is -1.14. The maximum absolute atomic E-state index is 9.85. The van der Waals surface area contributed by atoms with Gasteiger partial charge in [-0.25, -0.2) is 0 Å². The van der Waals surface area contributed by atoms with Crippen LogP contribution in [0.15, 0.2) is 12.7 Å². The number of rotatable bonds is 2. The molecule has 5 heteroatoms. The molecule has 86 valence electrons. The molecule has 2 aliphatic rings. The average molecular weight is 216 g/mol. The van der Waals surface area contributed by atoms with Gasteiger partial charge in [0.2, 0.25) is 5.79 Å². The molecule has 0 amide bonds. The first-order valence-electron chi connectivity index (χ1n) is 4.92. The van der Waals surface area contributed by atoms with Crippen LogP contribution in [0, 0.1) is 0 Å². The number of aliphatic hydroxyl groups excluding tert-OH is 2. The molecule has 0 aromatic carbocycles. The molecular formula is C10H16O5. The van der Waals surface area contributed by atoms with Gasteiger partial charge in [-0.2, -0.15) is 0 Å². The molecule has 0 radical (unpaired) electrons. The Hall–Kier alpha value is -0.460. The van der Waals surface area contributed by atoms with Gasteiger partial charge in [0.15, 0.2) is 5.79 Å². The van der Waals surface area contributed by atoms with Gasteiger partial charge in [0.1, 0.15) is 18.3 Å². The molecule has 2 aliphatic heterocycles. The average Bonchev–Trinajstić information content (AvgIpc) is 2.58. The molecule has 0 bridgehead atoms. The van der Waals surface area contributed by atoms with E-state index in [9.17, 15) is 5.11 Å². The lowest BCUT2D eigenvalue weighted by atomic mass is 10.1. The Kier molecular flexibility index (Phi) is 2.40. The minimum Gasteiger partial charge on any atom is -0.394 e. The zero-order chi connectivity index (χ0) is 11.3. The lowest BCUT2D eigenvalue weighted by Crippen LogP contribution is -2.38. The van der Waals surface area contributed by atoms with Crippen LogP contribution in [0.5, 0.6) is 0 Å². The van der Waals surface area contributed by atoms with Gasteiger partial charge in [-0.15, -0.1) is 0 Å². The first-order chi connectivity index (χ1) is 6.94. The van der Waals surface area contributed by atoms with Crippen molar-refractivity contribution in [3.8, 4) is 0 Å². The van der Waals surface area contributed by atoms with Crippen LogP contribution in [0.4, 0.5) is 0 Å². The fourth-order valence-corrected chi connectivity index (χ4v) is 2.11. The van der Waals surface area contributed by atoms with Crippen LogP contribution in [0.1, 0.15) is 13.8 Å². The third-order valence-corrected chi connectivity index (χ3v) is 2.70. The van der Waals surface area contributed by atoms with Gasteiger partial charge in [-0.1, -0.05) is 6.58 Å². The van der Waals surface area contributed by atoms with Crippen LogP contribution >= 0.6 is 0 Å². The van der Waals surface area contributed by atoms with Crippen molar-refractivity contribution in [2.24, 2.45) is 0 Å². The predicted octanol–water partition coefficient (Wildman–Crippen LogP) is -0.228. The summed E-state index contributed by atoms with van der Waals surface area (Å²) < 4.78 is 16.6. The Morgan fingerprint density at radius 3 is 2.53 bits per heavy atom. The molecule has 2 heterocycles. The van der Waals surface area contributed by atoms with E-state index < -0.39 is 29.9 Å². The predicted molar refractivity (Wildman–Crippen MR) is 50.9 cm³/mol. The Balaban J connectivity index is 2.28. The summed E-state index contributed by atoms with van der Waals surface area (Å²) in [6.45, 7) is 6.82. The number of fused-ring (bicyclic) bond motifs is 1. The molecule has 0 aliphatic carbocycles. The Labute approximate surface area is 88.3 Å². The lowest BCUT2D eigenvalue weighted by molar-refractivity contribution is -0.246. The molecule has 0 unspecified atom stereocenters. The van der Waals surface area contributed by atoms with Gasteiger partial charge >= 0.3 is 0 Å². The summed E-state index contributed by atoms with van der Waals surface area (Å²) in [5.41, 5.74) is 0. The molecule has 2 saturated heterocycles. The van der Waals surface area contributed by atoms with Crippen molar-refractivity contribution in [3.63, 3.8) is 0 Å². The van der Waals surface area contributed by atoms with Crippen molar-refractivity contribution in [2.75, 3.05) is 6.61 Å². The van der Waals surface area contributed by atoms with Gasteiger partial charge in [0, 0.05) is 0 Å². The Morgan fingerprint density at radius 1 is 1.40 bits per heavy atom. The van der Waals surface area contributed by atoms with Crippen molar-refractivity contribution in [1.82, 2.24) is 0 Å². The van der Waals surface area contributed by atoms with Crippen molar-refractivity contribution < 1.29 is 24.4 Å². The van der Waals surface area contributed by atoms with Crippen molar-refractivity contribution in [2.45, 2.75) is 43.7 Å². The summed E-state index contributed by atoms with van der Waals surface area (Å²) in [5, 5.41) is 18.9. The molecule has 5 nitrogen and oxygen atoms in total. The molecular weight excluding hydrogens is 200 g/mol. The zero-order valence-electron chi connectivity index (χ0n) is 8.84. The molecule has 0 spiro atoms. The summed E-state index contributed by atoms with van der Waals surface area (Å²) in [5.74, 6) is -1.96. The number of aliphatic hydroxyl groups is 2. The van der Waals surface area contributed by atoms with Crippen LogP contribution in [-0.2, 0) is 14.2 Å². The van der Waals surface area contributed by atoms with Crippen LogP contribution in [0.2, 0.25) is 0 Å². The molecule has 2 rings (SSSR count). The molecule has 4 atom stereocenters. The maximum atomic E-state index is 9.85. The normalized spacial score (nSPS) is 47.9. The Morgan fingerprint density at radius 2 is 2.07 bits per heavy atom. The third kappa shape index (κ3) is 1.51. The van der Waals surface area contributed by atoms with Crippen molar-refractivity contribution >= 4 is 0 Å². The fraction of sp³-hybridized carbons (Fsp3) is 0.800.